The minimum absolute atomic E-state index is 0.0187. The summed E-state index contributed by atoms with van der Waals surface area (Å²) in [7, 11) is 0. The predicted molar refractivity (Wildman–Crippen MR) is 109 cm³/mol. The lowest BCUT2D eigenvalue weighted by molar-refractivity contribution is -0.122. The zero-order valence-corrected chi connectivity index (χ0v) is 16.1. The van der Waals surface area contributed by atoms with Gasteiger partial charge in [-0.2, -0.15) is 0 Å². The first kappa shape index (κ1) is 20.3. The number of hydrogen-bond donors (Lipinski definition) is 2. The molecular formula is C22H17F2N3O4. The van der Waals surface area contributed by atoms with Crippen molar-refractivity contribution < 1.29 is 27.6 Å². The number of amides is 3. The molecule has 1 aliphatic rings. The molecule has 1 atom stereocenters. The fraction of sp³-hybridized carbons (Fsp3) is 0.136. The maximum absolute atomic E-state index is 13.5. The van der Waals surface area contributed by atoms with Crippen LogP contribution in [0.4, 0.5) is 25.8 Å². The van der Waals surface area contributed by atoms with Crippen molar-refractivity contribution in [2.45, 2.75) is 6.42 Å². The number of halogens is 2. The summed E-state index contributed by atoms with van der Waals surface area (Å²) in [6.45, 7) is 0.0187. The smallest absolute Gasteiger partial charge is 0.291 e. The van der Waals surface area contributed by atoms with Gasteiger partial charge in [0.05, 0.1) is 12.2 Å². The summed E-state index contributed by atoms with van der Waals surface area (Å²) < 4.78 is 31.9. The van der Waals surface area contributed by atoms with Crippen LogP contribution in [0.25, 0.3) is 0 Å². The molecule has 1 aliphatic heterocycles. The third kappa shape index (κ3) is 4.61. The lowest BCUT2D eigenvalue weighted by Gasteiger charge is -2.17. The summed E-state index contributed by atoms with van der Waals surface area (Å²) in [6.07, 6.45) is 1.33. The van der Waals surface area contributed by atoms with Crippen molar-refractivity contribution in [1.29, 1.82) is 0 Å². The highest BCUT2D eigenvalue weighted by Gasteiger charge is 2.35. The molecular weight excluding hydrogens is 408 g/mol. The quantitative estimate of drug-likeness (QED) is 0.651. The highest BCUT2D eigenvalue weighted by molar-refractivity contribution is 6.04. The van der Waals surface area contributed by atoms with Gasteiger partial charge in [0.2, 0.25) is 11.8 Å². The topological polar surface area (TPSA) is 91.7 Å². The Labute approximate surface area is 175 Å². The molecule has 2 heterocycles. The van der Waals surface area contributed by atoms with Gasteiger partial charge in [-0.1, -0.05) is 0 Å². The number of nitrogens with zero attached hydrogens (tertiary/aromatic N) is 1. The molecule has 0 bridgehead atoms. The summed E-state index contributed by atoms with van der Waals surface area (Å²) >= 11 is 0. The van der Waals surface area contributed by atoms with E-state index in [9.17, 15) is 23.2 Å². The van der Waals surface area contributed by atoms with Crippen LogP contribution in [0, 0.1) is 17.6 Å². The molecule has 1 unspecified atom stereocenters. The third-order valence-electron chi connectivity index (χ3n) is 4.81. The maximum Gasteiger partial charge on any atom is 0.291 e. The van der Waals surface area contributed by atoms with Gasteiger partial charge in [-0.15, -0.1) is 0 Å². The first-order chi connectivity index (χ1) is 14.9. The van der Waals surface area contributed by atoms with Crippen molar-refractivity contribution >= 4 is 34.8 Å². The second-order valence-corrected chi connectivity index (χ2v) is 7.03. The van der Waals surface area contributed by atoms with E-state index in [-0.39, 0.29) is 36.2 Å². The molecule has 1 aromatic heterocycles. The number of furan rings is 1. The molecule has 3 amide bonds. The van der Waals surface area contributed by atoms with Crippen LogP contribution < -0.4 is 15.5 Å². The molecule has 4 rings (SSSR count). The second-order valence-electron chi connectivity index (χ2n) is 7.03. The molecule has 2 aromatic carbocycles. The third-order valence-corrected chi connectivity index (χ3v) is 4.81. The number of benzene rings is 2. The van der Waals surface area contributed by atoms with Gasteiger partial charge in [-0.3, -0.25) is 14.4 Å². The van der Waals surface area contributed by atoms with E-state index in [4.69, 9.17) is 4.42 Å². The first-order valence-corrected chi connectivity index (χ1v) is 9.41. The van der Waals surface area contributed by atoms with Gasteiger partial charge < -0.3 is 20.0 Å². The van der Waals surface area contributed by atoms with Crippen molar-refractivity contribution in [2.75, 3.05) is 22.1 Å². The van der Waals surface area contributed by atoms with Crippen molar-refractivity contribution in [3.63, 3.8) is 0 Å². The standard InChI is InChI=1S/C22H17F2N3O4/c23-14-9-15(24)11-18(10-14)27-12-13(8-20(27)28)21(29)25-16-3-5-17(6-4-16)26-22(30)19-2-1-7-31-19/h1-7,9-11,13H,8,12H2,(H,25,29)(H,26,30). The molecule has 0 saturated carbocycles. The molecule has 0 aliphatic carbocycles. The van der Waals surface area contributed by atoms with Crippen LogP contribution in [0.1, 0.15) is 17.0 Å². The van der Waals surface area contributed by atoms with Gasteiger partial charge in [0.25, 0.3) is 5.91 Å². The first-order valence-electron chi connectivity index (χ1n) is 9.41. The summed E-state index contributed by atoms with van der Waals surface area (Å²) in [6, 6.07) is 12.4. The van der Waals surface area contributed by atoms with Crippen LogP contribution in [-0.2, 0) is 9.59 Å². The molecule has 158 valence electrons. The molecule has 7 nitrogen and oxygen atoms in total. The van der Waals surface area contributed by atoms with E-state index in [0.717, 1.165) is 18.2 Å². The van der Waals surface area contributed by atoms with Crippen LogP contribution in [0.2, 0.25) is 0 Å². The molecule has 1 saturated heterocycles. The van der Waals surface area contributed by atoms with Gasteiger partial charge in [-0.25, -0.2) is 8.78 Å². The van der Waals surface area contributed by atoms with Gasteiger partial charge in [0, 0.05) is 36.1 Å². The van der Waals surface area contributed by atoms with E-state index >= 15 is 0 Å². The molecule has 31 heavy (non-hydrogen) atoms. The lowest BCUT2D eigenvalue weighted by atomic mass is 10.1. The van der Waals surface area contributed by atoms with Crippen molar-refractivity contribution in [3.8, 4) is 0 Å². The van der Waals surface area contributed by atoms with E-state index in [0.29, 0.717) is 11.4 Å². The number of rotatable bonds is 5. The summed E-state index contributed by atoms with van der Waals surface area (Å²) in [4.78, 5) is 38.0. The zero-order valence-electron chi connectivity index (χ0n) is 16.1. The van der Waals surface area contributed by atoms with Crippen LogP contribution >= 0.6 is 0 Å². The summed E-state index contributed by atoms with van der Waals surface area (Å²) in [5, 5.41) is 5.37. The Morgan fingerprint density at radius 1 is 0.968 bits per heavy atom. The van der Waals surface area contributed by atoms with Crippen molar-refractivity contribution in [1.82, 2.24) is 0 Å². The molecule has 2 N–H and O–H groups in total. The van der Waals surface area contributed by atoms with E-state index in [1.165, 1.54) is 17.2 Å². The van der Waals surface area contributed by atoms with Gasteiger partial charge in [0.1, 0.15) is 11.6 Å². The van der Waals surface area contributed by atoms with E-state index in [2.05, 4.69) is 10.6 Å². The van der Waals surface area contributed by atoms with Crippen LogP contribution in [0.5, 0.6) is 0 Å². The number of nitrogens with one attached hydrogen (secondary N) is 2. The lowest BCUT2D eigenvalue weighted by Crippen LogP contribution is -2.28. The molecule has 0 radical (unpaired) electrons. The van der Waals surface area contributed by atoms with E-state index in [1.807, 2.05) is 0 Å². The molecule has 9 heteroatoms. The van der Waals surface area contributed by atoms with E-state index < -0.39 is 23.5 Å². The van der Waals surface area contributed by atoms with Gasteiger partial charge in [0.15, 0.2) is 5.76 Å². The van der Waals surface area contributed by atoms with Gasteiger partial charge in [-0.05, 0) is 48.5 Å². The minimum Gasteiger partial charge on any atom is -0.459 e. The zero-order chi connectivity index (χ0) is 22.0. The average molecular weight is 425 g/mol. The Bertz CT molecular complexity index is 1110. The minimum atomic E-state index is -0.796. The Balaban J connectivity index is 1.37. The average Bonchev–Trinajstić information content (AvgIpc) is 3.39. The maximum atomic E-state index is 13.5. The van der Waals surface area contributed by atoms with Crippen LogP contribution in [0.3, 0.4) is 0 Å². The Morgan fingerprint density at radius 2 is 1.61 bits per heavy atom. The van der Waals surface area contributed by atoms with Crippen LogP contribution in [0.15, 0.2) is 65.3 Å². The van der Waals surface area contributed by atoms with Crippen molar-refractivity contribution in [2.24, 2.45) is 5.92 Å². The fourth-order valence-electron chi connectivity index (χ4n) is 3.31. The Hall–Kier alpha value is -4.01. The molecule has 1 fully saturated rings. The number of carbonyl (C=O) groups excluding carboxylic acids is 3. The molecule has 0 spiro atoms. The highest BCUT2D eigenvalue weighted by atomic mass is 19.1. The summed E-state index contributed by atoms with van der Waals surface area (Å²) in [5.74, 6) is -3.27. The fourth-order valence-corrected chi connectivity index (χ4v) is 3.31. The van der Waals surface area contributed by atoms with Gasteiger partial charge >= 0.3 is 0 Å². The highest BCUT2D eigenvalue weighted by Crippen LogP contribution is 2.27. The Morgan fingerprint density at radius 3 is 2.23 bits per heavy atom. The summed E-state index contributed by atoms with van der Waals surface area (Å²) in [5.41, 5.74) is 1.06. The number of hydrogen-bond acceptors (Lipinski definition) is 4. The number of carbonyl (C=O) groups is 3. The van der Waals surface area contributed by atoms with E-state index in [1.54, 1.807) is 30.3 Å². The normalized spacial score (nSPS) is 15.7. The SMILES string of the molecule is O=C(Nc1ccc(NC(=O)C2CC(=O)N(c3cc(F)cc(F)c3)C2)cc1)c1ccco1. The monoisotopic (exact) mass is 425 g/mol. The second kappa shape index (κ2) is 8.39. The Kier molecular flexibility index (Phi) is 5.48. The van der Waals surface area contributed by atoms with Crippen molar-refractivity contribution in [3.05, 3.63) is 78.3 Å². The van der Waals surface area contributed by atoms with Crippen LogP contribution in [-0.4, -0.2) is 24.3 Å². The molecule has 3 aromatic rings. The predicted octanol–water partition coefficient (Wildman–Crippen LogP) is 3.80. The number of anilines is 3. The largest absolute Gasteiger partial charge is 0.459 e.